The monoisotopic (exact) mass is 357 g/mol. The molecule has 0 radical (unpaired) electrons. The van der Waals surface area contributed by atoms with Gasteiger partial charge in [0.05, 0.1) is 17.7 Å². The zero-order valence-corrected chi connectivity index (χ0v) is 13.6. The predicted molar refractivity (Wildman–Crippen MR) is 84.0 cm³/mol. The summed E-state index contributed by atoms with van der Waals surface area (Å²) in [5.74, 6) is 1.14. The quantitative estimate of drug-likeness (QED) is 0.878. The molecule has 1 atom stereocenters. The third kappa shape index (κ3) is 2.45. The van der Waals surface area contributed by atoms with Crippen LogP contribution in [0.1, 0.15) is 18.4 Å². The maximum Gasteiger partial charge on any atom is 0.140 e. The van der Waals surface area contributed by atoms with Gasteiger partial charge in [-0.2, -0.15) is 0 Å². The number of halogens is 2. The van der Waals surface area contributed by atoms with Crippen molar-refractivity contribution in [3.05, 3.63) is 32.9 Å². The second-order valence-electron chi connectivity index (χ2n) is 5.35. The van der Waals surface area contributed by atoms with Gasteiger partial charge in [-0.05, 0) is 52.9 Å². The van der Waals surface area contributed by atoms with Crippen LogP contribution in [0.4, 0.5) is 0 Å². The predicted octanol–water partition coefficient (Wildman–Crippen LogP) is 3.54. The number of aliphatic hydroxyl groups excluding tert-OH is 1. The summed E-state index contributed by atoms with van der Waals surface area (Å²) in [7, 11) is 1.64. The molecule has 1 unspecified atom stereocenters. The molecule has 3 aliphatic rings. The minimum atomic E-state index is -0.375. The molecule has 108 valence electrons. The van der Waals surface area contributed by atoms with Crippen LogP contribution >= 0.6 is 27.5 Å². The standard InChI is InChI=1S/C15H17BrClNO2/c1-20-15-10(6-11(17)8-12(15)16)7-13-14(19)9-2-4-18(13)5-3-9/h6-9,14,19H,2-5H2,1H3. The van der Waals surface area contributed by atoms with E-state index >= 15 is 0 Å². The Kier molecular flexibility index (Phi) is 3.98. The van der Waals surface area contributed by atoms with Crippen molar-refractivity contribution in [2.24, 2.45) is 5.92 Å². The summed E-state index contributed by atoms with van der Waals surface area (Å²) in [6.45, 7) is 2.05. The Bertz CT molecular complexity index is 549. The van der Waals surface area contributed by atoms with E-state index < -0.39 is 0 Å². The van der Waals surface area contributed by atoms with E-state index in [2.05, 4.69) is 20.8 Å². The van der Waals surface area contributed by atoms with Crippen LogP contribution < -0.4 is 4.74 Å². The van der Waals surface area contributed by atoms with Crippen LogP contribution in [-0.4, -0.2) is 36.3 Å². The number of ether oxygens (including phenoxy) is 1. The number of aliphatic hydroxyl groups is 1. The number of piperidine rings is 3. The molecule has 0 amide bonds. The zero-order valence-electron chi connectivity index (χ0n) is 11.3. The Morgan fingerprint density at radius 2 is 2.10 bits per heavy atom. The molecular formula is C15H17BrClNO2. The number of rotatable bonds is 2. The lowest BCUT2D eigenvalue weighted by Gasteiger charge is -2.46. The molecular weight excluding hydrogens is 342 g/mol. The smallest absolute Gasteiger partial charge is 0.140 e. The van der Waals surface area contributed by atoms with E-state index in [1.807, 2.05) is 18.2 Å². The lowest BCUT2D eigenvalue weighted by molar-refractivity contribution is 0.0215. The first-order valence-corrected chi connectivity index (χ1v) is 7.95. The second kappa shape index (κ2) is 5.58. The normalized spacial score (nSPS) is 27.2. The fourth-order valence-electron chi connectivity index (χ4n) is 3.14. The minimum absolute atomic E-state index is 0.375. The van der Waals surface area contributed by atoms with Crippen LogP contribution in [0.25, 0.3) is 6.08 Å². The molecule has 0 aromatic heterocycles. The first-order chi connectivity index (χ1) is 9.60. The minimum Gasteiger partial charge on any atom is -0.495 e. The largest absolute Gasteiger partial charge is 0.495 e. The van der Waals surface area contributed by atoms with E-state index in [9.17, 15) is 5.11 Å². The van der Waals surface area contributed by atoms with Crippen LogP contribution in [0.5, 0.6) is 5.75 Å². The first-order valence-electron chi connectivity index (χ1n) is 6.78. The molecule has 4 rings (SSSR count). The summed E-state index contributed by atoms with van der Waals surface area (Å²) in [5, 5.41) is 11.1. The molecule has 20 heavy (non-hydrogen) atoms. The second-order valence-corrected chi connectivity index (χ2v) is 6.64. The highest BCUT2D eigenvalue weighted by atomic mass is 79.9. The molecule has 1 N–H and O–H groups in total. The Morgan fingerprint density at radius 3 is 2.70 bits per heavy atom. The molecule has 3 heterocycles. The third-order valence-electron chi connectivity index (χ3n) is 4.20. The van der Waals surface area contributed by atoms with Gasteiger partial charge in [-0.3, -0.25) is 0 Å². The van der Waals surface area contributed by atoms with Gasteiger partial charge >= 0.3 is 0 Å². The van der Waals surface area contributed by atoms with Crippen molar-refractivity contribution < 1.29 is 9.84 Å². The van der Waals surface area contributed by atoms with Crippen LogP contribution in [0.2, 0.25) is 5.02 Å². The van der Waals surface area contributed by atoms with E-state index in [0.29, 0.717) is 10.9 Å². The van der Waals surface area contributed by atoms with Crippen LogP contribution in [-0.2, 0) is 0 Å². The van der Waals surface area contributed by atoms with Gasteiger partial charge in [0.1, 0.15) is 5.75 Å². The number of hydrogen-bond acceptors (Lipinski definition) is 3. The van der Waals surface area contributed by atoms with Crippen LogP contribution in [0.15, 0.2) is 22.3 Å². The summed E-state index contributed by atoms with van der Waals surface area (Å²) in [6.07, 6.45) is 3.79. The molecule has 3 nitrogen and oxygen atoms in total. The highest BCUT2D eigenvalue weighted by Crippen LogP contribution is 2.39. The Morgan fingerprint density at radius 1 is 1.40 bits per heavy atom. The molecule has 5 heteroatoms. The van der Waals surface area contributed by atoms with E-state index in [-0.39, 0.29) is 6.10 Å². The summed E-state index contributed by atoms with van der Waals surface area (Å²) in [4.78, 5) is 2.26. The van der Waals surface area contributed by atoms with Crippen molar-refractivity contribution >= 4 is 33.6 Å². The number of fused-ring (bicyclic) bond motifs is 3. The fourth-order valence-corrected chi connectivity index (χ4v) is 4.14. The molecule has 2 bridgehead atoms. The summed E-state index contributed by atoms with van der Waals surface area (Å²) >= 11 is 9.59. The number of nitrogens with zero attached hydrogens (tertiary/aromatic N) is 1. The number of benzene rings is 1. The average Bonchev–Trinajstić information content (AvgIpc) is 2.43. The maximum atomic E-state index is 10.4. The van der Waals surface area contributed by atoms with Gasteiger partial charge in [-0.25, -0.2) is 0 Å². The van der Waals surface area contributed by atoms with E-state index in [0.717, 1.165) is 47.4 Å². The van der Waals surface area contributed by atoms with Crippen LogP contribution in [0.3, 0.4) is 0 Å². The van der Waals surface area contributed by atoms with Gasteiger partial charge < -0.3 is 14.7 Å². The number of methoxy groups -OCH3 is 1. The van der Waals surface area contributed by atoms with Crippen molar-refractivity contribution in [2.75, 3.05) is 20.2 Å². The topological polar surface area (TPSA) is 32.7 Å². The maximum absolute atomic E-state index is 10.4. The Labute approximate surface area is 132 Å². The van der Waals surface area contributed by atoms with Crippen molar-refractivity contribution in [2.45, 2.75) is 18.9 Å². The highest BCUT2D eigenvalue weighted by molar-refractivity contribution is 9.10. The van der Waals surface area contributed by atoms with Gasteiger partial charge in [-0.15, -0.1) is 0 Å². The Hall–Kier alpha value is -0.710. The number of hydrogen-bond donors (Lipinski definition) is 1. The summed E-state index contributed by atoms with van der Waals surface area (Å²) in [6, 6.07) is 3.68. The highest BCUT2D eigenvalue weighted by Gasteiger charge is 2.36. The molecule has 3 aliphatic heterocycles. The summed E-state index contributed by atoms with van der Waals surface area (Å²) < 4.78 is 6.26. The fraction of sp³-hybridized carbons (Fsp3) is 0.467. The SMILES string of the molecule is COc1c(Br)cc(Cl)cc1C=C1C(O)C2CCN1CC2. The Balaban J connectivity index is 2.03. The molecule has 3 fully saturated rings. The molecule has 3 saturated heterocycles. The third-order valence-corrected chi connectivity index (χ3v) is 5.01. The van der Waals surface area contributed by atoms with E-state index in [1.165, 1.54) is 0 Å². The molecule has 0 aliphatic carbocycles. The average molecular weight is 359 g/mol. The summed E-state index contributed by atoms with van der Waals surface area (Å²) in [5.41, 5.74) is 1.88. The lowest BCUT2D eigenvalue weighted by Crippen LogP contribution is -2.48. The van der Waals surface area contributed by atoms with E-state index in [4.69, 9.17) is 16.3 Å². The lowest BCUT2D eigenvalue weighted by atomic mass is 9.83. The van der Waals surface area contributed by atoms with Crippen LogP contribution in [0, 0.1) is 5.92 Å². The zero-order chi connectivity index (χ0) is 14.3. The van der Waals surface area contributed by atoms with Crippen molar-refractivity contribution in [1.82, 2.24) is 4.90 Å². The van der Waals surface area contributed by atoms with Crippen molar-refractivity contribution in [3.63, 3.8) is 0 Å². The molecule has 0 saturated carbocycles. The molecule has 1 aromatic rings. The van der Waals surface area contributed by atoms with Gasteiger partial charge in [-0.1, -0.05) is 11.6 Å². The van der Waals surface area contributed by atoms with Gasteiger partial charge in [0, 0.05) is 29.4 Å². The first kappa shape index (κ1) is 14.2. The van der Waals surface area contributed by atoms with Crippen molar-refractivity contribution in [1.29, 1.82) is 0 Å². The van der Waals surface area contributed by atoms with E-state index in [1.54, 1.807) is 7.11 Å². The van der Waals surface area contributed by atoms with Gasteiger partial charge in [0.15, 0.2) is 0 Å². The van der Waals surface area contributed by atoms with Gasteiger partial charge in [0.25, 0.3) is 0 Å². The molecule has 0 spiro atoms. The van der Waals surface area contributed by atoms with Gasteiger partial charge in [0.2, 0.25) is 0 Å². The van der Waals surface area contributed by atoms with Crippen molar-refractivity contribution in [3.8, 4) is 5.75 Å². The molecule has 1 aromatic carbocycles.